The van der Waals surface area contributed by atoms with Crippen LogP contribution in [0.1, 0.15) is 30.0 Å². The van der Waals surface area contributed by atoms with E-state index in [-0.39, 0.29) is 12.1 Å². The highest BCUT2D eigenvalue weighted by Crippen LogP contribution is 2.35. The van der Waals surface area contributed by atoms with E-state index in [1.807, 2.05) is 60.4 Å². The molecule has 6 nitrogen and oxygen atoms in total. The van der Waals surface area contributed by atoms with Crippen molar-refractivity contribution in [2.45, 2.75) is 19.5 Å². The van der Waals surface area contributed by atoms with Gasteiger partial charge in [0, 0.05) is 55.9 Å². The maximum absolute atomic E-state index is 12.1. The van der Waals surface area contributed by atoms with Gasteiger partial charge < -0.3 is 15.1 Å². The first kappa shape index (κ1) is 23.2. The Kier molecular flexibility index (Phi) is 6.63. The van der Waals surface area contributed by atoms with E-state index in [0.29, 0.717) is 17.0 Å². The summed E-state index contributed by atoms with van der Waals surface area (Å²) in [5.74, 6) is 0.221. The quantitative estimate of drug-likeness (QED) is 0.685. The summed E-state index contributed by atoms with van der Waals surface area (Å²) in [6, 6.07) is 17.9. The van der Waals surface area contributed by atoms with Gasteiger partial charge in [-0.25, -0.2) is 0 Å². The normalized spacial score (nSPS) is 19.8. The van der Waals surface area contributed by atoms with Crippen LogP contribution in [0, 0.1) is 11.3 Å². The molecule has 1 N–H and O–H groups in total. The number of hydrogen-bond acceptors (Lipinski definition) is 5. The summed E-state index contributed by atoms with van der Waals surface area (Å²) in [4.78, 5) is 18.8. The first-order valence-electron chi connectivity index (χ1n) is 12.0. The van der Waals surface area contributed by atoms with Crippen LogP contribution in [0.25, 0.3) is 11.3 Å². The molecule has 0 radical (unpaired) electrons. The number of nitriles is 1. The summed E-state index contributed by atoms with van der Waals surface area (Å²) in [6.45, 7) is 5.86. The summed E-state index contributed by atoms with van der Waals surface area (Å²) in [5, 5.41) is 14.0. The van der Waals surface area contributed by atoms with Crippen molar-refractivity contribution in [1.29, 1.82) is 5.26 Å². The molecular formula is C28H28ClN5O. The third-order valence-electron chi connectivity index (χ3n) is 6.82. The Hall–Kier alpha value is -3.53. The first-order chi connectivity index (χ1) is 17.1. The number of halogens is 1. The molecule has 5 rings (SSSR count). The Balaban J connectivity index is 1.47. The second-order valence-electron chi connectivity index (χ2n) is 8.94. The average Bonchev–Trinajstić information content (AvgIpc) is 3.26. The smallest absolute Gasteiger partial charge is 0.222 e. The van der Waals surface area contributed by atoms with Crippen LogP contribution >= 0.6 is 11.6 Å². The van der Waals surface area contributed by atoms with E-state index in [1.165, 1.54) is 5.70 Å². The molecule has 1 fully saturated rings. The van der Waals surface area contributed by atoms with Crippen molar-refractivity contribution < 1.29 is 4.79 Å². The van der Waals surface area contributed by atoms with Gasteiger partial charge in [-0.1, -0.05) is 54.9 Å². The number of carbonyl (C=O) groups is 1. The van der Waals surface area contributed by atoms with Crippen LogP contribution < -0.4 is 5.32 Å². The van der Waals surface area contributed by atoms with Crippen molar-refractivity contribution in [2.75, 3.05) is 32.7 Å². The molecule has 2 aromatic rings. The number of nitrogens with one attached hydrogen (secondary N) is 1. The standard InChI is InChI=1S/C28H28ClN5O/c1-2-27(35)33-15-13-32(14-16-33)19-25-28(20-7-10-23(29)11-8-20)31-26-12-9-22(18-34(25)26)24-6-4-3-5-21(24)17-30/h3-12,18,26,31H,2,13-16,19H2,1H3. The zero-order chi connectivity index (χ0) is 24.4. The molecular weight excluding hydrogens is 458 g/mol. The van der Waals surface area contributed by atoms with Crippen LogP contribution in [0.3, 0.4) is 0 Å². The van der Waals surface area contributed by atoms with Crippen molar-refractivity contribution in [3.8, 4) is 6.07 Å². The Morgan fingerprint density at radius 3 is 2.57 bits per heavy atom. The highest BCUT2D eigenvalue weighted by atomic mass is 35.5. The van der Waals surface area contributed by atoms with Crippen molar-refractivity contribution in [3.63, 3.8) is 0 Å². The molecule has 3 aliphatic rings. The predicted octanol–water partition coefficient (Wildman–Crippen LogP) is 4.28. The van der Waals surface area contributed by atoms with Gasteiger partial charge in [-0.15, -0.1) is 0 Å². The molecule has 7 heteroatoms. The molecule has 0 saturated carbocycles. The van der Waals surface area contributed by atoms with Crippen LogP contribution in [0.15, 0.2) is 72.6 Å². The van der Waals surface area contributed by atoms with Crippen molar-refractivity contribution >= 4 is 28.8 Å². The fourth-order valence-electron chi connectivity index (χ4n) is 4.89. The minimum Gasteiger partial charge on any atom is -0.360 e. The Labute approximate surface area is 211 Å². The van der Waals surface area contributed by atoms with E-state index in [4.69, 9.17) is 11.6 Å². The zero-order valence-corrected chi connectivity index (χ0v) is 20.5. The fraction of sp³-hybridized carbons (Fsp3) is 0.286. The Bertz CT molecular complexity index is 1250. The van der Waals surface area contributed by atoms with Gasteiger partial charge >= 0.3 is 0 Å². The van der Waals surface area contributed by atoms with E-state index >= 15 is 0 Å². The predicted molar refractivity (Wildman–Crippen MR) is 139 cm³/mol. The van der Waals surface area contributed by atoms with Gasteiger partial charge in [0.25, 0.3) is 0 Å². The van der Waals surface area contributed by atoms with E-state index in [1.54, 1.807) is 0 Å². The number of benzene rings is 2. The van der Waals surface area contributed by atoms with Crippen molar-refractivity contribution in [1.82, 2.24) is 20.0 Å². The highest BCUT2D eigenvalue weighted by Gasteiger charge is 2.33. The molecule has 1 amide bonds. The molecule has 3 aliphatic heterocycles. The molecule has 0 spiro atoms. The van der Waals surface area contributed by atoms with Gasteiger partial charge in [-0.3, -0.25) is 9.69 Å². The molecule has 0 aromatic heterocycles. The molecule has 35 heavy (non-hydrogen) atoms. The lowest BCUT2D eigenvalue weighted by molar-refractivity contribution is -0.132. The van der Waals surface area contributed by atoms with E-state index in [2.05, 4.69) is 39.5 Å². The number of nitrogens with zero attached hydrogens (tertiary/aromatic N) is 4. The van der Waals surface area contributed by atoms with Crippen molar-refractivity contribution in [3.05, 3.63) is 94.3 Å². The van der Waals surface area contributed by atoms with Gasteiger partial charge in [0.05, 0.1) is 23.0 Å². The fourth-order valence-corrected chi connectivity index (χ4v) is 5.02. The lowest BCUT2D eigenvalue weighted by Crippen LogP contribution is -2.49. The first-order valence-corrected chi connectivity index (χ1v) is 12.4. The second-order valence-corrected chi connectivity index (χ2v) is 9.37. The molecule has 1 saturated heterocycles. The molecule has 0 bridgehead atoms. The Morgan fingerprint density at radius 2 is 1.86 bits per heavy atom. The van der Waals surface area contributed by atoms with Gasteiger partial charge in [0.15, 0.2) is 0 Å². The van der Waals surface area contributed by atoms with E-state index < -0.39 is 0 Å². The lowest BCUT2D eigenvalue weighted by atomic mass is 9.99. The summed E-state index contributed by atoms with van der Waals surface area (Å²) >= 11 is 6.16. The molecule has 1 unspecified atom stereocenters. The monoisotopic (exact) mass is 485 g/mol. The van der Waals surface area contributed by atoms with Gasteiger partial charge in [0.1, 0.15) is 6.17 Å². The van der Waals surface area contributed by atoms with E-state index in [0.717, 1.165) is 55.1 Å². The van der Waals surface area contributed by atoms with Gasteiger partial charge in [0.2, 0.25) is 5.91 Å². The van der Waals surface area contributed by atoms with Crippen LogP contribution in [0.5, 0.6) is 0 Å². The summed E-state index contributed by atoms with van der Waals surface area (Å²) in [7, 11) is 0. The zero-order valence-electron chi connectivity index (χ0n) is 19.7. The largest absolute Gasteiger partial charge is 0.360 e. The number of fused-ring (bicyclic) bond motifs is 1. The number of allylic oxidation sites excluding steroid dienone is 2. The number of rotatable bonds is 5. The number of hydrogen-bond donors (Lipinski definition) is 1. The van der Waals surface area contributed by atoms with Crippen molar-refractivity contribution in [2.24, 2.45) is 0 Å². The average molecular weight is 486 g/mol. The maximum atomic E-state index is 12.1. The third-order valence-corrected chi connectivity index (χ3v) is 7.07. The third kappa shape index (κ3) is 4.70. The molecule has 178 valence electrons. The topological polar surface area (TPSA) is 62.6 Å². The van der Waals surface area contributed by atoms with Crippen LogP contribution in [-0.4, -0.2) is 59.5 Å². The van der Waals surface area contributed by atoms with Gasteiger partial charge in [-0.2, -0.15) is 5.26 Å². The Morgan fingerprint density at radius 1 is 1.11 bits per heavy atom. The maximum Gasteiger partial charge on any atom is 0.222 e. The second kappa shape index (κ2) is 9.99. The SMILES string of the molecule is CCC(=O)N1CCN(CC2=C(c3ccc(Cl)cc3)NC3C=CC(c4ccccc4C#N)=CN23)CC1. The van der Waals surface area contributed by atoms with Crippen LogP contribution in [0.2, 0.25) is 5.02 Å². The van der Waals surface area contributed by atoms with Crippen LogP contribution in [0.4, 0.5) is 0 Å². The molecule has 2 aromatic carbocycles. The number of amides is 1. The molecule has 0 aliphatic carbocycles. The molecule has 1 atom stereocenters. The van der Waals surface area contributed by atoms with Gasteiger partial charge in [-0.05, 0) is 35.4 Å². The summed E-state index contributed by atoms with van der Waals surface area (Å²) in [5.41, 5.74) is 5.93. The highest BCUT2D eigenvalue weighted by molar-refractivity contribution is 6.30. The lowest BCUT2D eigenvalue weighted by Gasteiger charge is -2.36. The van der Waals surface area contributed by atoms with Crippen LogP contribution in [-0.2, 0) is 4.79 Å². The number of piperazine rings is 1. The minimum absolute atomic E-state index is 0.00312. The summed E-state index contributed by atoms with van der Waals surface area (Å²) in [6.07, 6.45) is 6.92. The van der Waals surface area contributed by atoms with E-state index in [9.17, 15) is 10.1 Å². The number of carbonyl (C=O) groups excluding carboxylic acids is 1. The summed E-state index contributed by atoms with van der Waals surface area (Å²) < 4.78 is 0. The minimum atomic E-state index is -0.00312. The molecule has 3 heterocycles.